The fraction of sp³-hybridized carbons (Fsp3) is 0. The van der Waals surface area contributed by atoms with Crippen LogP contribution in [-0.2, 0) is 0 Å². The molecule has 1 aromatic carbocycles. The van der Waals surface area contributed by atoms with E-state index >= 15 is 0 Å². The molecule has 2 aromatic heterocycles. The van der Waals surface area contributed by atoms with Gasteiger partial charge in [-0.1, -0.05) is 6.07 Å². The first kappa shape index (κ1) is 15.1. The third-order valence-electron chi connectivity index (χ3n) is 3.19. The quantitative estimate of drug-likeness (QED) is 0.797. The number of rotatable bonds is 3. The summed E-state index contributed by atoms with van der Waals surface area (Å²) in [5.41, 5.74) is 9.73. The molecule has 2 heterocycles. The van der Waals surface area contributed by atoms with Crippen molar-refractivity contribution in [3.8, 4) is 17.3 Å². The third-order valence-corrected chi connectivity index (χ3v) is 3.19. The summed E-state index contributed by atoms with van der Waals surface area (Å²) in [5, 5.41) is 11.5. The predicted octanol–water partition coefficient (Wildman–Crippen LogP) is 2.58. The molecule has 0 aliphatic heterocycles. The van der Waals surface area contributed by atoms with E-state index in [1.807, 2.05) is 6.07 Å². The number of amides is 1. The summed E-state index contributed by atoms with van der Waals surface area (Å²) >= 11 is 0. The van der Waals surface area contributed by atoms with Gasteiger partial charge in [-0.15, -0.1) is 0 Å². The Morgan fingerprint density at radius 2 is 2.08 bits per heavy atom. The zero-order chi connectivity index (χ0) is 16.9. The molecule has 2 N–H and O–H groups in total. The number of hydrogen-bond acceptors (Lipinski definition) is 5. The van der Waals surface area contributed by atoms with Gasteiger partial charge in [-0.3, -0.25) is 15.5 Å². The van der Waals surface area contributed by atoms with Crippen LogP contribution < -0.4 is 11.1 Å². The summed E-state index contributed by atoms with van der Waals surface area (Å²) in [6, 6.07) is 12.0. The molecule has 24 heavy (non-hydrogen) atoms. The number of carbonyl (C=O) groups is 1. The standard InChI is InChI=1S/C17H11N6O/c18-8-11-3-1-5-13(7-11)22-17(24)15-16(19)21-10-14(23-15)12-4-2-6-20-9-12/h1-7,9-10,19H,(H,22,24). The maximum absolute atomic E-state index is 12.4. The Hall–Kier alpha value is -3.79. The van der Waals surface area contributed by atoms with Crippen molar-refractivity contribution >= 4 is 17.4 Å². The van der Waals surface area contributed by atoms with Crippen LogP contribution in [-0.4, -0.2) is 20.9 Å². The molecule has 3 aromatic rings. The van der Waals surface area contributed by atoms with Crippen molar-refractivity contribution in [3.63, 3.8) is 0 Å². The molecule has 0 spiro atoms. The van der Waals surface area contributed by atoms with Gasteiger partial charge in [0.25, 0.3) is 5.91 Å². The van der Waals surface area contributed by atoms with Crippen molar-refractivity contribution in [1.82, 2.24) is 20.7 Å². The van der Waals surface area contributed by atoms with Crippen LogP contribution >= 0.6 is 0 Å². The molecule has 0 aliphatic rings. The Bertz CT molecular complexity index is 933. The highest BCUT2D eigenvalue weighted by Gasteiger charge is 2.15. The van der Waals surface area contributed by atoms with Gasteiger partial charge in [0, 0.05) is 23.6 Å². The van der Waals surface area contributed by atoms with Gasteiger partial charge in [0.05, 0.1) is 23.5 Å². The largest absolute Gasteiger partial charge is 0.320 e. The highest BCUT2D eigenvalue weighted by atomic mass is 16.1. The second-order valence-electron chi connectivity index (χ2n) is 4.84. The van der Waals surface area contributed by atoms with E-state index in [9.17, 15) is 4.79 Å². The highest BCUT2D eigenvalue weighted by molar-refractivity contribution is 6.05. The zero-order valence-corrected chi connectivity index (χ0v) is 12.4. The maximum Gasteiger partial charge on any atom is 0.278 e. The Kier molecular flexibility index (Phi) is 4.12. The fourth-order valence-electron chi connectivity index (χ4n) is 2.06. The Morgan fingerprint density at radius 1 is 1.21 bits per heavy atom. The van der Waals surface area contributed by atoms with Gasteiger partial charge in [-0.05, 0) is 30.3 Å². The van der Waals surface area contributed by atoms with Gasteiger partial charge in [0.15, 0.2) is 11.5 Å². The maximum atomic E-state index is 12.4. The Balaban J connectivity index is 1.91. The summed E-state index contributed by atoms with van der Waals surface area (Å²) < 4.78 is 0. The average molecular weight is 315 g/mol. The molecule has 115 valence electrons. The number of pyridine rings is 1. The lowest BCUT2D eigenvalue weighted by Gasteiger charge is -2.08. The lowest BCUT2D eigenvalue weighted by atomic mass is 10.2. The van der Waals surface area contributed by atoms with Gasteiger partial charge in [-0.2, -0.15) is 5.26 Å². The summed E-state index contributed by atoms with van der Waals surface area (Å²) in [4.78, 5) is 24.5. The minimum absolute atomic E-state index is 0.0984. The average Bonchev–Trinajstić information content (AvgIpc) is 2.63. The van der Waals surface area contributed by atoms with Crippen LogP contribution in [0.25, 0.3) is 11.3 Å². The van der Waals surface area contributed by atoms with Crippen LogP contribution in [0.2, 0.25) is 0 Å². The second kappa shape index (κ2) is 6.54. The molecule has 1 radical (unpaired) electrons. The predicted molar refractivity (Wildman–Crippen MR) is 87.1 cm³/mol. The molecule has 3 rings (SSSR count). The van der Waals surface area contributed by atoms with E-state index in [4.69, 9.17) is 11.0 Å². The monoisotopic (exact) mass is 315 g/mol. The van der Waals surface area contributed by atoms with Crippen molar-refractivity contribution in [2.75, 3.05) is 5.32 Å². The van der Waals surface area contributed by atoms with Gasteiger partial charge < -0.3 is 5.32 Å². The van der Waals surface area contributed by atoms with Crippen LogP contribution in [0.15, 0.2) is 55.0 Å². The second-order valence-corrected chi connectivity index (χ2v) is 4.84. The highest BCUT2D eigenvalue weighted by Crippen LogP contribution is 2.19. The summed E-state index contributed by atoms with van der Waals surface area (Å²) in [7, 11) is 0. The number of nitrogens with one attached hydrogen (secondary N) is 2. The van der Waals surface area contributed by atoms with Crippen molar-refractivity contribution in [2.45, 2.75) is 0 Å². The van der Waals surface area contributed by atoms with Crippen LogP contribution in [0.3, 0.4) is 0 Å². The van der Waals surface area contributed by atoms with Gasteiger partial charge in [-0.25, -0.2) is 9.97 Å². The summed E-state index contributed by atoms with van der Waals surface area (Å²) in [6.45, 7) is 0. The number of anilines is 1. The molecule has 0 saturated carbocycles. The van der Waals surface area contributed by atoms with E-state index in [1.54, 1.807) is 48.8 Å². The molecule has 7 heteroatoms. The van der Waals surface area contributed by atoms with E-state index < -0.39 is 5.91 Å². The molecular weight excluding hydrogens is 304 g/mol. The summed E-state index contributed by atoms with van der Waals surface area (Å²) in [5.74, 6) is -0.787. The summed E-state index contributed by atoms with van der Waals surface area (Å²) in [6.07, 6.45) is 4.66. The number of hydrogen-bond donors (Lipinski definition) is 1. The number of aromatic nitrogens is 3. The first-order chi connectivity index (χ1) is 11.7. The third kappa shape index (κ3) is 3.18. The fourth-order valence-corrected chi connectivity index (χ4v) is 2.06. The first-order valence-corrected chi connectivity index (χ1v) is 6.98. The van der Waals surface area contributed by atoms with E-state index in [1.165, 1.54) is 6.20 Å². The van der Waals surface area contributed by atoms with Gasteiger partial charge in [0.1, 0.15) is 0 Å². The number of benzene rings is 1. The lowest BCUT2D eigenvalue weighted by molar-refractivity contribution is 0.102. The SMILES string of the molecule is N#Cc1cccc(NC(=O)c2nc(-c3cccnc3)cnc2[NH])c1. The first-order valence-electron chi connectivity index (χ1n) is 6.98. The number of carbonyl (C=O) groups excluding carboxylic acids is 1. The van der Waals surface area contributed by atoms with Crippen LogP contribution in [0.5, 0.6) is 0 Å². The van der Waals surface area contributed by atoms with E-state index in [0.29, 0.717) is 22.5 Å². The number of nitrogens with zero attached hydrogens (tertiary/aromatic N) is 4. The van der Waals surface area contributed by atoms with Crippen molar-refractivity contribution in [2.24, 2.45) is 0 Å². The lowest BCUT2D eigenvalue weighted by Crippen LogP contribution is -2.15. The Labute approximate surface area is 137 Å². The van der Waals surface area contributed by atoms with Crippen molar-refractivity contribution in [3.05, 3.63) is 66.2 Å². The van der Waals surface area contributed by atoms with Crippen molar-refractivity contribution in [1.29, 1.82) is 5.26 Å². The molecule has 0 atom stereocenters. The zero-order valence-electron chi connectivity index (χ0n) is 12.4. The van der Waals surface area contributed by atoms with E-state index in [0.717, 1.165) is 0 Å². The molecular formula is C17H11N6O. The van der Waals surface area contributed by atoms with Gasteiger partial charge >= 0.3 is 0 Å². The molecule has 0 unspecified atom stereocenters. The normalized spacial score (nSPS) is 9.96. The number of nitriles is 1. The molecule has 7 nitrogen and oxygen atoms in total. The van der Waals surface area contributed by atoms with Crippen LogP contribution in [0, 0.1) is 11.3 Å². The van der Waals surface area contributed by atoms with Crippen molar-refractivity contribution < 1.29 is 4.79 Å². The van der Waals surface area contributed by atoms with Gasteiger partial charge in [0.2, 0.25) is 0 Å². The van der Waals surface area contributed by atoms with Crippen LogP contribution in [0.1, 0.15) is 16.1 Å². The smallest absolute Gasteiger partial charge is 0.278 e. The Morgan fingerprint density at radius 3 is 2.83 bits per heavy atom. The van der Waals surface area contributed by atoms with Crippen LogP contribution in [0.4, 0.5) is 11.5 Å². The topological polar surface area (TPSA) is 115 Å². The molecule has 0 aliphatic carbocycles. The molecule has 0 fully saturated rings. The van der Waals surface area contributed by atoms with E-state index in [2.05, 4.69) is 20.3 Å². The molecule has 0 saturated heterocycles. The van der Waals surface area contributed by atoms with E-state index in [-0.39, 0.29) is 11.5 Å². The molecule has 1 amide bonds. The minimum atomic E-state index is -0.562. The molecule has 0 bridgehead atoms. The minimum Gasteiger partial charge on any atom is -0.320 e.